The molecule has 1 unspecified atom stereocenters. The molecule has 1 aliphatic rings. The molecule has 1 atom stereocenters. The van der Waals surface area contributed by atoms with E-state index in [4.69, 9.17) is 4.74 Å². The Bertz CT molecular complexity index is 668. The number of morpholine rings is 1. The third kappa shape index (κ3) is 2.40. The lowest BCUT2D eigenvalue weighted by Gasteiger charge is -2.29. The van der Waals surface area contributed by atoms with Gasteiger partial charge in [0.1, 0.15) is 5.94 Å². The smallest absolute Gasteiger partial charge is 0.330 e. The first-order chi connectivity index (χ1) is 9.04. The lowest BCUT2D eigenvalue weighted by Crippen LogP contribution is -2.46. The van der Waals surface area contributed by atoms with E-state index in [1.807, 2.05) is 0 Å². The van der Waals surface area contributed by atoms with Gasteiger partial charge in [-0.15, -0.1) is 0 Å². The summed E-state index contributed by atoms with van der Waals surface area (Å²) in [6.45, 7) is 1.88. The summed E-state index contributed by atoms with van der Waals surface area (Å²) in [5.74, 6) is 0.938. The lowest BCUT2D eigenvalue weighted by atomic mass is 10.3. The van der Waals surface area contributed by atoms with E-state index in [1.54, 1.807) is 0 Å². The van der Waals surface area contributed by atoms with Crippen LogP contribution in [0.5, 0.6) is 0 Å². The molecule has 19 heavy (non-hydrogen) atoms. The summed E-state index contributed by atoms with van der Waals surface area (Å²) in [6, 6.07) is 0. The Labute approximate surface area is 106 Å². The van der Waals surface area contributed by atoms with Gasteiger partial charge >= 0.3 is 5.69 Å². The molecule has 0 aromatic carbocycles. The normalized spacial score (nSPS) is 19.1. The highest BCUT2D eigenvalue weighted by Gasteiger charge is 2.31. The number of amides is 1. The first-order valence-electron chi connectivity index (χ1n) is 5.49. The number of carbonyl (C=O) groups is 1. The monoisotopic (exact) mass is 265 g/mol. The fourth-order valence-electron chi connectivity index (χ4n) is 1.74. The van der Waals surface area contributed by atoms with Crippen LogP contribution in [0.3, 0.4) is 0 Å². The third-order valence-electron chi connectivity index (χ3n) is 2.71. The molecule has 1 aliphatic heterocycles. The average Bonchev–Trinajstić information content (AvgIpc) is 2.37. The molecular weight excluding hydrogens is 254 g/mol. The molecule has 0 aliphatic carbocycles. The Morgan fingerprint density at radius 3 is 2.89 bits per heavy atom. The molecule has 0 spiro atoms. The van der Waals surface area contributed by atoms with Crippen LogP contribution in [-0.2, 0) is 14.3 Å². The summed E-state index contributed by atoms with van der Waals surface area (Å²) < 4.78 is 6.22. The van der Waals surface area contributed by atoms with E-state index in [1.165, 1.54) is 19.1 Å². The van der Waals surface area contributed by atoms with Crippen LogP contribution in [0.25, 0.3) is 0 Å². The van der Waals surface area contributed by atoms with Crippen molar-refractivity contribution in [2.24, 2.45) is 0 Å². The standard InChI is InChI=1S/C11H11N3O5/c1-7-6-14(11(18)12-8(7)16)10-9(17)13(2-4-15)3-5-19-10/h2,6,10H,3,5H2,1H3,(H,12,16,18). The van der Waals surface area contributed by atoms with Crippen molar-refractivity contribution in [1.82, 2.24) is 14.5 Å². The Morgan fingerprint density at radius 2 is 2.21 bits per heavy atom. The molecule has 1 aromatic rings. The van der Waals surface area contributed by atoms with Gasteiger partial charge < -0.3 is 9.64 Å². The first-order valence-corrected chi connectivity index (χ1v) is 5.49. The number of hydrogen-bond donors (Lipinski definition) is 1. The molecule has 100 valence electrons. The number of aromatic nitrogens is 2. The van der Waals surface area contributed by atoms with Gasteiger partial charge in [-0.3, -0.25) is 19.1 Å². The number of hydrogen-bond acceptors (Lipinski definition) is 5. The zero-order valence-electron chi connectivity index (χ0n) is 10.1. The molecular formula is C11H11N3O5. The number of H-pyrrole nitrogens is 1. The van der Waals surface area contributed by atoms with Gasteiger partial charge in [0.2, 0.25) is 6.23 Å². The van der Waals surface area contributed by atoms with Crippen LogP contribution in [0, 0.1) is 6.92 Å². The van der Waals surface area contributed by atoms with Gasteiger partial charge in [0.05, 0.1) is 12.8 Å². The fraction of sp³-hybridized carbons (Fsp3) is 0.364. The Hall–Kier alpha value is -2.44. The maximum Gasteiger partial charge on any atom is 0.330 e. The molecule has 1 N–H and O–H groups in total. The van der Waals surface area contributed by atoms with E-state index in [0.717, 1.165) is 15.7 Å². The highest BCUT2D eigenvalue weighted by atomic mass is 16.5. The second-order valence-electron chi connectivity index (χ2n) is 3.98. The van der Waals surface area contributed by atoms with Crippen LogP contribution in [0.2, 0.25) is 0 Å². The van der Waals surface area contributed by atoms with Gasteiger partial charge in [0.25, 0.3) is 11.5 Å². The molecule has 1 amide bonds. The molecule has 1 saturated heterocycles. The van der Waals surface area contributed by atoms with Crippen molar-refractivity contribution in [3.63, 3.8) is 0 Å². The Morgan fingerprint density at radius 1 is 1.47 bits per heavy atom. The van der Waals surface area contributed by atoms with E-state index in [2.05, 4.69) is 4.98 Å². The van der Waals surface area contributed by atoms with Crippen molar-refractivity contribution in [2.75, 3.05) is 13.2 Å². The van der Waals surface area contributed by atoms with Crippen LogP contribution < -0.4 is 11.2 Å². The lowest BCUT2D eigenvalue weighted by molar-refractivity contribution is -0.157. The van der Waals surface area contributed by atoms with Gasteiger partial charge in [-0.1, -0.05) is 0 Å². The number of ether oxygens (including phenoxy) is 1. The minimum atomic E-state index is -1.19. The topological polar surface area (TPSA) is 101 Å². The Kier molecular flexibility index (Phi) is 3.46. The molecule has 8 heteroatoms. The summed E-state index contributed by atoms with van der Waals surface area (Å²) in [5.41, 5.74) is -0.987. The van der Waals surface area contributed by atoms with Crippen LogP contribution >= 0.6 is 0 Å². The van der Waals surface area contributed by atoms with Crippen molar-refractivity contribution >= 4 is 11.8 Å². The highest BCUT2D eigenvalue weighted by Crippen LogP contribution is 2.15. The summed E-state index contributed by atoms with van der Waals surface area (Å²) >= 11 is 0. The summed E-state index contributed by atoms with van der Waals surface area (Å²) in [5, 5.41) is 0. The number of nitrogens with zero attached hydrogens (tertiary/aromatic N) is 2. The van der Waals surface area contributed by atoms with Gasteiger partial charge in [-0.2, -0.15) is 0 Å². The van der Waals surface area contributed by atoms with E-state index >= 15 is 0 Å². The van der Waals surface area contributed by atoms with Crippen LogP contribution in [0.4, 0.5) is 0 Å². The molecule has 1 fully saturated rings. The number of nitrogens with one attached hydrogen (secondary N) is 1. The summed E-state index contributed by atoms with van der Waals surface area (Å²) in [6.07, 6.45) is 1.01. The van der Waals surface area contributed by atoms with E-state index in [-0.39, 0.29) is 18.7 Å². The number of carbonyl (C=O) groups excluding carboxylic acids is 2. The quantitative estimate of drug-likeness (QED) is 0.659. The van der Waals surface area contributed by atoms with Gasteiger partial charge in [-0.25, -0.2) is 9.59 Å². The minimum absolute atomic E-state index is 0.166. The van der Waals surface area contributed by atoms with E-state index < -0.39 is 23.4 Å². The van der Waals surface area contributed by atoms with Gasteiger partial charge in [-0.05, 0) is 6.92 Å². The van der Waals surface area contributed by atoms with E-state index in [0.29, 0.717) is 0 Å². The van der Waals surface area contributed by atoms with Crippen molar-refractivity contribution in [2.45, 2.75) is 13.2 Å². The zero-order chi connectivity index (χ0) is 14.0. The molecule has 0 bridgehead atoms. The molecule has 8 nitrogen and oxygen atoms in total. The molecule has 0 saturated carbocycles. The third-order valence-corrected chi connectivity index (χ3v) is 2.71. The van der Waals surface area contributed by atoms with Crippen LogP contribution in [0.15, 0.2) is 22.0 Å². The predicted molar refractivity (Wildman–Crippen MR) is 63.0 cm³/mol. The maximum absolute atomic E-state index is 12.0. The Balaban J connectivity index is 2.44. The van der Waals surface area contributed by atoms with Crippen LogP contribution in [0.1, 0.15) is 11.8 Å². The summed E-state index contributed by atoms with van der Waals surface area (Å²) in [4.78, 5) is 48.4. The number of aromatic amines is 1. The minimum Gasteiger partial charge on any atom is -0.347 e. The van der Waals surface area contributed by atoms with Crippen molar-refractivity contribution in [3.05, 3.63) is 38.8 Å². The first kappa shape index (κ1) is 13.0. The van der Waals surface area contributed by atoms with Crippen molar-refractivity contribution < 1.29 is 14.3 Å². The highest BCUT2D eigenvalue weighted by molar-refractivity contribution is 5.81. The number of rotatable bonds is 2. The largest absolute Gasteiger partial charge is 0.347 e. The fourth-order valence-corrected chi connectivity index (χ4v) is 1.74. The van der Waals surface area contributed by atoms with E-state index in [9.17, 15) is 19.2 Å². The van der Waals surface area contributed by atoms with Gasteiger partial charge in [0, 0.05) is 18.3 Å². The average molecular weight is 265 g/mol. The molecule has 2 rings (SSSR count). The van der Waals surface area contributed by atoms with Gasteiger partial charge in [0.15, 0.2) is 0 Å². The maximum atomic E-state index is 12.0. The van der Waals surface area contributed by atoms with Crippen LogP contribution in [-0.4, -0.2) is 39.5 Å². The zero-order valence-corrected chi connectivity index (χ0v) is 10.1. The van der Waals surface area contributed by atoms with Crippen molar-refractivity contribution in [3.8, 4) is 0 Å². The SMILES string of the molecule is Cc1cn(C2OCCN(C=C=O)C2=O)c(=O)[nH]c1=O. The number of aryl methyl sites for hydroxylation is 1. The predicted octanol–water partition coefficient (Wildman–Crippen LogP) is -1.45. The second-order valence-corrected chi connectivity index (χ2v) is 3.98. The summed E-state index contributed by atoms with van der Waals surface area (Å²) in [7, 11) is 0. The second kappa shape index (κ2) is 5.05. The molecule has 0 radical (unpaired) electrons. The molecule has 2 heterocycles. The van der Waals surface area contributed by atoms with Crippen molar-refractivity contribution in [1.29, 1.82) is 0 Å². The molecule has 1 aromatic heterocycles.